The minimum absolute atomic E-state index is 0.718. The quantitative estimate of drug-likeness (QED) is 0.110. The van der Waals surface area contributed by atoms with E-state index in [0.717, 1.165) is 18.0 Å². The Bertz CT molecular complexity index is 3050. The van der Waals surface area contributed by atoms with E-state index in [0.29, 0.717) is 0 Å². The van der Waals surface area contributed by atoms with Crippen LogP contribution in [0.5, 0.6) is 0 Å². The van der Waals surface area contributed by atoms with E-state index in [-0.39, 0.29) is 0 Å². The molecule has 288 valence electrons. The van der Waals surface area contributed by atoms with Gasteiger partial charge in [-0.1, -0.05) is 173 Å². The van der Waals surface area contributed by atoms with Crippen LogP contribution in [0.4, 0.5) is 0 Å². The maximum atomic E-state index is 2.44. The highest BCUT2D eigenvalue weighted by atomic mass is 15.0. The first-order valence-electron chi connectivity index (χ1n) is 21.6. The Labute approximate surface area is 348 Å². The number of unbranched alkanes of at least 4 members (excludes halogenated alkanes) is 3. The van der Waals surface area contributed by atoms with Crippen LogP contribution in [0.25, 0.3) is 88.4 Å². The molecule has 0 radical (unpaired) electrons. The lowest BCUT2D eigenvalue weighted by Crippen LogP contribution is -2.00. The van der Waals surface area contributed by atoms with Crippen molar-refractivity contribution in [1.82, 2.24) is 9.13 Å². The van der Waals surface area contributed by atoms with Crippen LogP contribution in [0, 0.1) is 5.92 Å². The summed E-state index contributed by atoms with van der Waals surface area (Å²) in [6.07, 6.45) is 7.82. The second kappa shape index (κ2) is 16.0. The van der Waals surface area contributed by atoms with Crippen LogP contribution in [0.2, 0.25) is 0 Å². The third-order valence-corrected chi connectivity index (χ3v) is 12.4. The Morgan fingerprint density at radius 3 is 1.51 bits per heavy atom. The summed E-state index contributed by atoms with van der Waals surface area (Å²) in [5, 5.41) is 5.04. The Hall–Kier alpha value is -6.64. The predicted molar refractivity (Wildman–Crippen MR) is 253 cm³/mol. The summed E-state index contributed by atoms with van der Waals surface area (Å²) >= 11 is 0. The lowest BCUT2D eigenvalue weighted by molar-refractivity contribution is 0.487. The highest BCUT2D eigenvalue weighted by Crippen LogP contribution is 2.39. The van der Waals surface area contributed by atoms with Crippen molar-refractivity contribution in [1.29, 1.82) is 0 Å². The fourth-order valence-electron chi connectivity index (χ4n) is 9.38. The molecule has 0 fully saturated rings. The molecule has 1 unspecified atom stereocenters. The summed E-state index contributed by atoms with van der Waals surface area (Å²) in [6.45, 7) is 4.69. The molecule has 2 heteroatoms. The van der Waals surface area contributed by atoms with Gasteiger partial charge in [0.25, 0.3) is 0 Å². The van der Waals surface area contributed by atoms with Gasteiger partial charge in [-0.15, -0.1) is 0 Å². The molecule has 0 saturated carbocycles. The molecule has 2 heterocycles. The van der Waals surface area contributed by atoms with Crippen LogP contribution in [0.15, 0.2) is 188 Å². The monoisotopic (exact) mass is 762 g/mol. The maximum absolute atomic E-state index is 2.44. The fourth-order valence-corrected chi connectivity index (χ4v) is 9.38. The molecule has 0 bridgehead atoms. The van der Waals surface area contributed by atoms with Gasteiger partial charge in [-0.2, -0.15) is 0 Å². The van der Waals surface area contributed by atoms with Gasteiger partial charge in [0.2, 0.25) is 0 Å². The first-order chi connectivity index (χ1) is 29.1. The second-order valence-corrected chi connectivity index (χ2v) is 16.5. The van der Waals surface area contributed by atoms with Gasteiger partial charge < -0.3 is 9.13 Å². The van der Waals surface area contributed by atoms with Crippen molar-refractivity contribution in [3.63, 3.8) is 0 Å². The molecule has 8 aromatic carbocycles. The molecule has 0 saturated heterocycles. The van der Waals surface area contributed by atoms with E-state index in [2.05, 4.69) is 211 Å². The van der Waals surface area contributed by atoms with E-state index in [9.17, 15) is 0 Å². The van der Waals surface area contributed by atoms with Gasteiger partial charge in [-0.05, 0) is 112 Å². The van der Waals surface area contributed by atoms with Crippen LogP contribution in [0.3, 0.4) is 0 Å². The maximum Gasteiger partial charge on any atom is 0.0541 e. The van der Waals surface area contributed by atoms with Crippen molar-refractivity contribution in [2.24, 2.45) is 5.92 Å². The molecule has 1 atom stereocenters. The summed E-state index contributed by atoms with van der Waals surface area (Å²) in [5.41, 5.74) is 16.0. The van der Waals surface area contributed by atoms with Gasteiger partial charge >= 0.3 is 0 Å². The smallest absolute Gasteiger partial charge is 0.0541 e. The predicted octanol–water partition coefficient (Wildman–Crippen LogP) is 16.0. The Morgan fingerprint density at radius 1 is 0.373 bits per heavy atom. The summed E-state index contributed by atoms with van der Waals surface area (Å²) in [7, 11) is 0. The average Bonchev–Trinajstić information content (AvgIpc) is 3.81. The van der Waals surface area contributed by atoms with E-state index in [4.69, 9.17) is 0 Å². The molecule has 59 heavy (non-hydrogen) atoms. The van der Waals surface area contributed by atoms with Crippen molar-refractivity contribution in [2.75, 3.05) is 0 Å². The van der Waals surface area contributed by atoms with Gasteiger partial charge in [-0.25, -0.2) is 0 Å². The van der Waals surface area contributed by atoms with Gasteiger partial charge in [0.15, 0.2) is 0 Å². The molecular formula is C57H50N2. The standard InChI is InChI=1S/C57H50N2/c1-3-4-5-7-15-40(2)36-41-24-26-44(27-25-41)45-18-14-19-49(37-45)59-55-23-13-11-21-51(55)53-39-47(31-35-57(53)59)46-30-34-56-52(38-46)50-20-10-12-22-54(50)58(56)48-32-28-43(29-33-48)42-16-8-6-9-17-42/h6,8-14,16-35,37-40H,3-5,7,15,36H2,1-2H3. The van der Waals surface area contributed by atoms with Crippen molar-refractivity contribution >= 4 is 43.6 Å². The number of para-hydroxylation sites is 2. The second-order valence-electron chi connectivity index (χ2n) is 16.5. The van der Waals surface area contributed by atoms with E-state index >= 15 is 0 Å². The van der Waals surface area contributed by atoms with Gasteiger partial charge in [0.05, 0.1) is 22.1 Å². The molecular weight excluding hydrogens is 713 g/mol. The van der Waals surface area contributed by atoms with Crippen LogP contribution < -0.4 is 0 Å². The number of aromatic nitrogens is 2. The van der Waals surface area contributed by atoms with Gasteiger partial charge in [0, 0.05) is 32.9 Å². The number of nitrogens with zero attached hydrogens (tertiary/aromatic N) is 2. The number of hydrogen-bond donors (Lipinski definition) is 0. The molecule has 0 spiro atoms. The number of benzene rings is 8. The minimum atomic E-state index is 0.718. The van der Waals surface area contributed by atoms with Crippen LogP contribution in [0.1, 0.15) is 51.5 Å². The lowest BCUT2D eigenvalue weighted by atomic mass is 9.94. The molecule has 0 N–H and O–H groups in total. The van der Waals surface area contributed by atoms with E-state index < -0.39 is 0 Å². The van der Waals surface area contributed by atoms with E-state index in [1.165, 1.54) is 120 Å². The first-order valence-corrected chi connectivity index (χ1v) is 21.6. The van der Waals surface area contributed by atoms with Crippen molar-refractivity contribution in [3.8, 4) is 44.8 Å². The summed E-state index contributed by atoms with van der Waals surface area (Å²) in [5.74, 6) is 0.718. The van der Waals surface area contributed by atoms with E-state index in [1.807, 2.05) is 0 Å². The van der Waals surface area contributed by atoms with Gasteiger partial charge in [-0.3, -0.25) is 0 Å². The molecule has 10 aromatic rings. The third kappa shape index (κ3) is 7.04. The Morgan fingerprint density at radius 2 is 0.864 bits per heavy atom. The fraction of sp³-hybridized carbons (Fsp3) is 0.158. The van der Waals surface area contributed by atoms with Crippen LogP contribution in [-0.4, -0.2) is 9.13 Å². The Balaban J connectivity index is 0.985. The molecule has 10 rings (SSSR count). The summed E-state index contributed by atoms with van der Waals surface area (Å²) in [4.78, 5) is 0. The zero-order valence-corrected chi connectivity index (χ0v) is 34.1. The highest BCUT2D eigenvalue weighted by molar-refractivity contribution is 6.12. The molecule has 0 amide bonds. The number of hydrogen-bond acceptors (Lipinski definition) is 0. The lowest BCUT2D eigenvalue weighted by Gasteiger charge is -2.13. The van der Waals surface area contributed by atoms with E-state index in [1.54, 1.807) is 0 Å². The third-order valence-electron chi connectivity index (χ3n) is 12.4. The average molecular weight is 763 g/mol. The Kier molecular flexibility index (Phi) is 9.92. The zero-order valence-electron chi connectivity index (χ0n) is 34.1. The van der Waals surface area contributed by atoms with Crippen molar-refractivity contribution < 1.29 is 0 Å². The highest BCUT2D eigenvalue weighted by Gasteiger charge is 2.17. The molecule has 0 aliphatic carbocycles. The summed E-state index contributed by atoms with van der Waals surface area (Å²) < 4.78 is 4.84. The molecule has 0 aliphatic heterocycles. The largest absolute Gasteiger partial charge is 0.309 e. The minimum Gasteiger partial charge on any atom is -0.309 e. The number of fused-ring (bicyclic) bond motifs is 6. The zero-order chi connectivity index (χ0) is 39.7. The summed E-state index contributed by atoms with van der Waals surface area (Å²) in [6, 6.07) is 69.5. The topological polar surface area (TPSA) is 9.86 Å². The molecule has 2 aromatic heterocycles. The molecule has 0 aliphatic rings. The van der Waals surface area contributed by atoms with Crippen molar-refractivity contribution in [2.45, 2.75) is 52.4 Å². The SMILES string of the molecule is CCCCCCC(C)Cc1ccc(-c2cccc(-n3c4ccccc4c4cc(-c5ccc6c(c5)c5ccccc5n6-c5ccc(-c6ccccc6)cc5)ccc43)c2)cc1. The first kappa shape index (κ1) is 36.7. The number of rotatable bonds is 12. The van der Waals surface area contributed by atoms with Crippen molar-refractivity contribution in [3.05, 3.63) is 194 Å². The normalized spacial score (nSPS) is 12.2. The van der Waals surface area contributed by atoms with Crippen LogP contribution in [-0.2, 0) is 6.42 Å². The van der Waals surface area contributed by atoms with Gasteiger partial charge in [0.1, 0.15) is 0 Å². The molecule has 2 nitrogen and oxygen atoms in total. The van der Waals surface area contributed by atoms with Crippen LogP contribution >= 0.6 is 0 Å².